The summed E-state index contributed by atoms with van der Waals surface area (Å²) in [6.07, 6.45) is 0. The van der Waals surface area contributed by atoms with Crippen molar-refractivity contribution in [1.29, 1.82) is 0 Å². The molecule has 0 aliphatic rings. The Labute approximate surface area is 127 Å². The second-order valence-electron chi connectivity index (χ2n) is 3.94. The first kappa shape index (κ1) is 14.6. The molecule has 0 aromatic heterocycles. The molecule has 0 unspecified atom stereocenters. The summed E-state index contributed by atoms with van der Waals surface area (Å²) in [5.74, 6) is -1.62. The summed E-state index contributed by atoms with van der Waals surface area (Å²) in [5, 5.41) is 12.1. The molecule has 0 heterocycles. The molecular formula is C13H9BrClFN2O2. The normalized spacial score (nSPS) is 10.3. The fourth-order valence-electron chi connectivity index (χ4n) is 1.66. The van der Waals surface area contributed by atoms with Crippen LogP contribution in [0.3, 0.4) is 0 Å². The molecule has 0 radical (unpaired) electrons. The number of hydrogen-bond acceptors (Lipinski definition) is 3. The minimum atomic E-state index is -1.13. The quantitative estimate of drug-likeness (QED) is 0.716. The van der Waals surface area contributed by atoms with Crippen LogP contribution in [-0.2, 0) is 0 Å². The molecule has 0 fully saturated rings. The van der Waals surface area contributed by atoms with E-state index in [-0.39, 0.29) is 16.3 Å². The highest BCUT2D eigenvalue weighted by molar-refractivity contribution is 9.10. The van der Waals surface area contributed by atoms with Crippen molar-refractivity contribution in [3.8, 4) is 0 Å². The number of nitrogen functional groups attached to an aromatic ring is 1. The summed E-state index contributed by atoms with van der Waals surface area (Å²) >= 11 is 9.13. The molecule has 0 saturated heterocycles. The number of aromatic carboxylic acids is 1. The lowest BCUT2D eigenvalue weighted by Crippen LogP contribution is -2.05. The van der Waals surface area contributed by atoms with Gasteiger partial charge in [-0.2, -0.15) is 0 Å². The molecule has 4 N–H and O–H groups in total. The van der Waals surface area contributed by atoms with Crippen LogP contribution < -0.4 is 11.1 Å². The van der Waals surface area contributed by atoms with Crippen LogP contribution in [0.4, 0.5) is 21.5 Å². The van der Waals surface area contributed by atoms with Gasteiger partial charge in [0.05, 0.1) is 27.6 Å². The van der Waals surface area contributed by atoms with Gasteiger partial charge in [0.15, 0.2) is 0 Å². The van der Waals surface area contributed by atoms with E-state index in [0.717, 1.165) is 6.07 Å². The van der Waals surface area contributed by atoms with Gasteiger partial charge in [-0.05, 0) is 40.2 Å². The minimum absolute atomic E-state index is 0.0237. The molecule has 0 amide bonds. The number of hydrogen-bond donors (Lipinski definition) is 3. The molecule has 0 spiro atoms. The Balaban J connectivity index is 2.46. The summed E-state index contributed by atoms with van der Waals surface area (Å²) in [6.45, 7) is 0. The highest BCUT2D eigenvalue weighted by atomic mass is 79.9. The van der Waals surface area contributed by atoms with Crippen molar-refractivity contribution in [1.82, 2.24) is 0 Å². The van der Waals surface area contributed by atoms with Crippen molar-refractivity contribution in [3.63, 3.8) is 0 Å². The highest BCUT2D eigenvalue weighted by Gasteiger charge is 2.14. The SMILES string of the molecule is Nc1c(Nc2c(Cl)cc(F)cc2Br)cccc1C(=O)O. The average Bonchev–Trinajstić information content (AvgIpc) is 2.35. The topological polar surface area (TPSA) is 75.3 Å². The van der Waals surface area contributed by atoms with Gasteiger partial charge < -0.3 is 16.2 Å². The highest BCUT2D eigenvalue weighted by Crippen LogP contribution is 2.36. The number of para-hydroxylation sites is 1. The van der Waals surface area contributed by atoms with E-state index in [4.69, 9.17) is 22.4 Å². The minimum Gasteiger partial charge on any atom is -0.478 e. The lowest BCUT2D eigenvalue weighted by atomic mass is 10.1. The summed E-state index contributed by atoms with van der Waals surface area (Å²) in [7, 11) is 0. The van der Waals surface area contributed by atoms with Crippen LogP contribution in [0.1, 0.15) is 10.4 Å². The van der Waals surface area contributed by atoms with Gasteiger partial charge in [0.2, 0.25) is 0 Å². The Morgan fingerprint density at radius 3 is 2.70 bits per heavy atom. The maximum absolute atomic E-state index is 13.2. The second kappa shape index (κ2) is 5.68. The second-order valence-corrected chi connectivity index (χ2v) is 5.20. The first-order chi connectivity index (χ1) is 9.40. The van der Waals surface area contributed by atoms with E-state index in [2.05, 4.69) is 21.2 Å². The first-order valence-corrected chi connectivity index (χ1v) is 6.60. The molecule has 4 nitrogen and oxygen atoms in total. The van der Waals surface area contributed by atoms with Crippen LogP contribution >= 0.6 is 27.5 Å². The summed E-state index contributed by atoms with van der Waals surface area (Å²) < 4.78 is 13.6. The smallest absolute Gasteiger partial charge is 0.337 e. The number of carbonyl (C=O) groups is 1. The Morgan fingerprint density at radius 1 is 1.40 bits per heavy atom. The van der Waals surface area contributed by atoms with Gasteiger partial charge in [0.25, 0.3) is 0 Å². The van der Waals surface area contributed by atoms with Gasteiger partial charge in [-0.15, -0.1) is 0 Å². The van der Waals surface area contributed by atoms with Crippen molar-refractivity contribution in [2.45, 2.75) is 0 Å². The number of rotatable bonds is 3. The molecule has 0 aliphatic carbocycles. The number of halogens is 3. The van der Waals surface area contributed by atoms with Crippen molar-refractivity contribution in [2.24, 2.45) is 0 Å². The van der Waals surface area contributed by atoms with Crippen molar-refractivity contribution >= 4 is 50.6 Å². The molecule has 2 aromatic carbocycles. The predicted octanol–water partition coefficient (Wildman–Crippen LogP) is 4.27. The zero-order chi connectivity index (χ0) is 14.9. The Kier molecular flexibility index (Phi) is 4.15. The third-order valence-corrected chi connectivity index (χ3v) is 3.53. The fourth-order valence-corrected chi connectivity index (χ4v) is 2.56. The van der Waals surface area contributed by atoms with Crippen molar-refractivity contribution < 1.29 is 14.3 Å². The summed E-state index contributed by atoms with van der Waals surface area (Å²) in [4.78, 5) is 11.0. The number of carboxylic acids is 1. The van der Waals surface area contributed by atoms with E-state index >= 15 is 0 Å². The van der Waals surface area contributed by atoms with E-state index in [0.29, 0.717) is 15.8 Å². The summed E-state index contributed by atoms with van der Waals surface area (Å²) in [5.41, 5.74) is 6.62. The molecule has 0 atom stereocenters. The Morgan fingerprint density at radius 2 is 2.10 bits per heavy atom. The number of benzene rings is 2. The lowest BCUT2D eigenvalue weighted by Gasteiger charge is -2.14. The third-order valence-electron chi connectivity index (χ3n) is 2.60. The number of nitrogens with two attached hydrogens (primary N) is 1. The van der Waals surface area contributed by atoms with E-state index in [1.807, 2.05) is 0 Å². The molecule has 7 heteroatoms. The molecule has 2 aromatic rings. The van der Waals surface area contributed by atoms with Gasteiger partial charge >= 0.3 is 5.97 Å². The zero-order valence-corrected chi connectivity index (χ0v) is 12.3. The van der Waals surface area contributed by atoms with Gasteiger partial charge in [0, 0.05) is 4.47 Å². The monoisotopic (exact) mass is 358 g/mol. The number of nitrogens with one attached hydrogen (secondary N) is 1. The molecule has 0 saturated carbocycles. The summed E-state index contributed by atoms with van der Waals surface area (Å²) in [6, 6.07) is 6.93. The Hall–Kier alpha value is -1.79. The largest absolute Gasteiger partial charge is 0.478 e. The number of carboxylic acid groups (broad SMARTS) is 1. The van der Waals surface area contributed by atoms with Gasteiger partial charge in [-0.25, -0.2) is 9.18 Å². The van der Waals surface area contributed by atoms with Crippen LogP contribution in [0.15, 0.2) is 34.8 Å². The fraction of sp³-hybridized carbons (Fsp3) is 0. The van der Waals surface area contributed by atoms with Crippen LogP contribution in [0.25, 0.3) is 0 Å². The molecule has 104 valence electrons. The maximum atomic E-state index is 13.2. The lowest BCUT2D eigenvalue weighted by molar-refractivity contribution is 0.0698. The standard InChI is InChI=1S/C13H9BrClFN2O2/c14-8-4-6(16)5-9(15)12(8)18-10-3-1-2-7(11(10)17)13(19)20/h1-5,18H,17H2,(H,19,20). The molecule has 0 bridgehead atoms. The zero-order valence-electron chi connectivity index (χ0n) is 9.95. The molecule has 20 heavy (non-hydrogen) atoms. The molecule has 0 aliphatic heterocycles. The number of anilines is 3. The molecule has 2 rings (SSSR count). The predicted molar refractivity (Wildman–Crippen MR) is 80.2 cm³/mol. The van der Waals surface area contributed by atoms with E-state index in [1.165, 1.54) is 12.1 Å². The van der Waals surface area contributed by atoms with Gasteiger partial charge in [0.1, 0.15) is 5.82 Å². The third kappa shape index (κ3) is 2.86. The average molecular weight is 360 g/mol. The first-order valence-electron chi connectivity index (χ1n) is 5.43. The van der Waals surface area contributed by atoms with Crippen molar-refractivity contribution in [2.75, 3.05) is 11.1 Å². The van der Waals surface area contributed by atoms with Gasteiger partial charge in [-0.1, -0.05) is 17.7 Å². The van der Waals surface area contributed by atoms with Crippen LogP contribution in [0.2, 0.25) is 5.02 Å². The van der Waals surface area contributed by atoms with E-state index in [1.54, 1.807) is 12.1 Å². The van der Waals surface area contributed by atoms with E-state index in [9.17, 15) is 9.18 Å². The van der Waals surface area contributed by atoms with E-state index < -0.39 is 11.8 Å². The van der Waals surface area contributed by atoms with Crippen LogP contribution in [0, 0.1) is 5.82 Å². The Bertz CT molecular complexity index is 671. The van der Waals surface area contributed by atoms with Gasteiger partial charge in [-0.3, -0.25) is 0 Å². The van der Waals surface area contributed by atoms with Crippen LogP contribution in [-0.4, -0.2) is 11.1 Å². The maximum Gasteiger partial charge on any atom is 0.337 e. The van der Waals surface area contributed by atoms with Crippen LogP contribution in [0.5, 0.6) is 0 Å². The van der Waals surface area contributed by atoms with Crippen molar-refractivity contribution in [3.05, 3.63) is 51.2 Å². The molecular weight excluding hydrogens is 351 g/mol.